The largest absolute Gasteiger partial charge is 0.507 e. The molecule has 1 aromatic carbocycles. The van der Waals surface area contributed by atoms with Gasteiger partial charge in [-0.2, -0.15) is 0 Å². The molecule has 0 atom stereocenters. The molecule has 0 fully saturated rings. The third kappa shape index (κ3) is 1.75. The standard InChI is InChI=1S/C13H14O4/c1-13(2,3)10-9-7(14)5-4-6-8(9)17-11(10)12(15)16/h4-6,14H,1-3H3,(H,15,16). The summed E-state index contributed by atoms with van der Waals surface area (Å²) in [6.07, 6.45) is 0. The van der Waals surface area contributed by atoms with Crippen molar-refractivity contribution in [3.8, 4) is 5.75 Å². The van der Waals surface area contributed by atoms with Gasteiger partial charge in [0.15, 0.2) is 0 Å². The molecule has 90 valence electrons. The van der Waals surface area contributed by atoms with E-state index in [2.05, 4.69) is 0 Å². The first-order valence-electron chi connectivity index (χ1n) is 5.30. The van der Waals surface area contributed by atoms with Gasteiger partial charge in [0, 0.05) is 5.56 Å². The molecule has 4 nitrogen and oxygen atoms in total. The first-order valence-corrected chi connectivity index (χ1v) is 5.30. The molecular weight excluding hydrogens is 220 g/mol. The molecule has 2 aromatic rings. The predicted octanol–water partition coefficient (Wildman–Crippen LogP) is 3.13. The Morgan fingerprint density at radius 2 is 1.94 bits per heavy atom. The Labute approximate surface area is 98.5 Å². The fraction of sp³-hybridized carbons (Fsp3) is 0.308. The van der Waals surface area contributed by atoms with E-state index in [1.54, 1.807) is 12.1 Å². The van der Waals surface area contributed by atoms with Gasteiger partial charge in [0.2, 0.25) is 5.76 Å². The normalized spacial score (nSPS) is 11.9. The maximum atomic E-state index is 11.2. The van der Waals surface area contributed by atoms with E-state index in [1.807, 2.05) is 20.8 Å². The van der Waals surface area contributed by atoms with Crippen molar-refractivity contribution >= 4 is 16.9 Å². The lowest BCUT2D eigenvalue weighted by atomic mass is 9.84. The highest BCUT2D eigenvalue weighted by Crippen LogP contribution is 2.39. The summed E-state index contributed by atoms with van der Waals surface area (Å²) in [5.74, 6) is -1.18. The summed E-state index contributed by atoms with van der Waals surface area (Å²) in [5.41, 5.74) is 0.503. The average Bonchev–Trinajstić information content (AvgIpc) is 2.57. The monoisotopic (exact) mass is 234 g/mol. The van der Waals surface area contributed by atoms with E-state index in [9.17, 15) is 9.90 Å². The molecule has 0 bridgehead atoms. The molecule has 17 heavy (non-hydrogen) atoms. The van der Waals surface area contributed by atoms with Gasteiger partial charge in [-0.05, 0) is 17.5 Å². The fourth-order valence-corrected chi connectivity index (χ4v) is 2.00. The summed E-state index contributed by atoms with van der Waals surface area (Å²) in [7, 11) is 0. The molecule has 1 aromatic heterocycles. The quantitative estimate of drug-likeness (QED) is 0.795. The lowest BCUT2D eigenvalue weighted by molar-refractivity contribution is 0.0661. The van der Waals surface area contributed by atoms with Crippen molar-refractivity contribution in [2.75, 3.05) is 0 Å². The van der Waals surface area contributed by atoms with Crippen LogP contribution < -0.4 is 0 Å². The number of phenols is 1. The number of fused-ring (bicyclic) bond motifs is 1. The molecule has 1 heterocycles. The number of rotatable bonds is 1. The summed E-state index contributed by atoms with van der Waals surface area (Å²) in [6, 6.07) is 4.80. The zero-order chi connectivity index (χ0) is 12.8. The fourth-order valence-electron chi connectivity index (χ4n) is 2.00. The van der Waals surface area contributed by atoms with E-state index < -0.39 is 11.4 Å². The third-order valence-electron chi connectivity index (χ3n) is 2.64. The molecular formula is C13H14O4. The number of hydrogen-bond donors (Lipinski definition) is 2. The summed E-state index contributed by atoms with van der Waals surface area (Å²) in [4.78, 5) is 11.2. The Morgan fingerprint density at radius 3 is 2.47 bits per heavy atom. The van der Waals surface area contributed by atoms with E-state index in [4.69, 9.17) is 9.52 Å². The first-order chi connectivity index (χ1) is 7.82. The summed E-state index contributed by atoms with van der Waals surface area (Å²) in [5, 5.41) is 19.5. The maximum Gasteiger partial charge on any atom is 0.372 e. The second kappa shape index (κ2) is 3.52. The molecule has 2 rings (SSSR count). The van der Waals surface area contributed by atoms with Crippen LogP contribution in [0.3, 0.4) is 0 Å². The molecule has 0 aliphatic carbocycles. The van der Waals surface area contributed by atoms with Crippen molar-refractivity contribution in [2.45, 2.75) is 26.2 Å². The number of carbonyl (C=O) groups is 1. The van der Waals surface area contributed by atoms with Gasteiger partial charge in [0.1, 0.15) is 11.3 Å². The minimum Gasteiger partial charge on any atom is -0.507 e. The Hall–Kier alpha value is -1.97. The molecule has 4 heteroatoms. The van der Waals surface area contributed by atoms with Crippen molar-refractivity contribution < 1.29 is 19.4 Å². The number of carboxylic acid groups (broad SMARTS) is 1. The number of furan rings is 1. The summed E-state index contributed by atoms with van der Waals surface area (Å²) in [6.45, 7) is 5.66. The van der Waals surface area contributed by atoms with Gasteiger partial charge in [-0.25, -0.2) is 4.79 Å². The summed E-state index contributed by atoms with van der Waals surface area (Å²) < 4.78 is 5.31. The Balaban J connectivity index is 2.93. The van der Waals surface area contributed by atoms with Crippen LogP contribution in [0.15, 0.2) is 22.6 Å². The second-order valence-corrected chi connectivity index (χ2v) is 5.01. The van der Waals surface area contributed by atoms with Crippen LogP contribution in [0.1, 0.15) is 36.9 Å². The Kier molecular flexibility index (Phi) is 2.38. The van der Waals surface area contributed by atoms with Crippen LogP contribution >= 0.6 is 0 Å². The predicted molar refractivity (Wildman–Crippen MR) is 63.5 cm³/mol. The van der Waals surface area contributed by atoms with Crippen LogP contribution in [0.2, 0.25) is 0 Å². The number of phenolic OH excluding ortho intramolecular Hbond substituents is 1. The maximum absolute atomic E-state index is 11.2. The van der Waals surface area contributed by atoms with Gasteiger partial charge in [0.05, 0.1) is 5.39 Å². The summed E-state index contributed by atoms with van der Waals surface area (Å²) >= 11 is 0. The number of hydrogen-bond acceptors (Lipinski definition) is 3. The van der Waals surface area contributed by atoms with E-state index >= 15 is 0 Å². The molecule has 0 spiro atoms. The van der Waals surface area contributed by atoms with Crippen molar-refractivity contribution in [3.63, 3.8) is 0 Å². The first kappa shape index (κ1) is 11.5. The van der Waals surface area contributed by atoms with Gasteiger partial charge in [0.25, 0.3) is 0 Å². The van der Waals surface area contributed by atoms with Gasteiger partial charge in [-0.15, -0.1) is 0 Å². The molecule has 2 N–H and O–H groups in total. The van der Waals surface area contributed by atoms with E-state index in [-0.39, 0.29) is 11.5 Å². The minimum absolute atomic E-state index is 0.0451. The van der Waals surface area contributed by atoms with Gasteiger partial charge < -0.3 is 14.6 Å². The van der Waals surface area contributed by atoms with Gasteiger partial charge in [-0.1, -0.05) is 26.8 Å². The van der Waals surface area contributed by atoms with Crippen molar-refractivity contribution in [3.05, 3.63) is 29.5 Å². The molecule has 0 saturated heterocycles. The lowest BCUT2D eigenvalue weighted by Crippen LogP contribution is -2.15. The minimum atomic E-state index is -1.12. The van der Waals surface area contributed by atoms with Crippen LogP contribution in [-0.4, -0.2) is 16.2 Å². The zero-order valence-corrected chi connectivity index (χ0v) is 9.94. The number of aromatic carboxylic acids is 1. The van der Waals surface area contributed by atoms with Crippen LogP contribution in [0.5, 0.6) is 5.75 Å². The van der Waals surface area contributed by atoms with Crippen LogP contribution in [0.4, 0.5) is 0 Å². The second-order valence-electron chi connectivity index (χ2n) is 5.01. The van der Waals surface area contributed by atoms with E-state index in [1.165, 1.54) is 6.07 Å². The number of benzene rings is 1. The molecule has 0 amide bonds. The molecule has 0 aliphatic rings. The van der Waals surface area contributed by atoms with E-state index in [0.29, 0.717) is 16.5 Å². The SMILES string of the molecule is CC(C)(C)c1c(C(=O)O)oc2cccc(O)c12. The van der Waals surface area contributed by atoms with Gasteiger partial charge >= 0.3 is 5.97 Å². The molecule has 0 radical (unpaired) electrons. The highest BCUT2D eigenvalue weighted by molar-refractivity contribution is 5.98. The average molecular weight is 234 g/mol. The Bertz CT molecular complexity index is 587. The lowest BCUT2D eigenvalue weighted by Gasteiger charge is -2.18. The molecule has 0 saturated carbocycles. The zero-order valence-electron chi connectivity index (χ0n) is 9.94. The van der Waals surface area contributed by atoms with E-state index in [0.717, 1.165) is 0 Å². The smallest absolute Gasteiger partial charge is 0.372 e. The third-order valence-corrected chi connectivity index (χ3v) is 2.64. The topological polar surface area (TPSA) is 70.7 Å². The van der Waals surface area contributed by atoms with Gasteiger partial charge in [-0.3, -0.25) is 0 Å². The van der Waals surface area contributed by atoms with Crippen molar-refractivity contribution in [1.82, 2.24) is 0 Å². The van der Waals surface area contributed by atoms with Crippen LogP contribution in [-0.2, 0) is 5.41 Å². The van der Waals surface area contributed by atoms with Crippen LogP contribution in [0.25, 0.3) is 11.0 Å². The molecule has 0 aliphatic heterocycles. The van der Waals surface area contributed by atoms with Crippen LogP contribution in [0, 0.1) is 0 Å². The Morgan fingerprint density at radius 1 is 1.29 bits per heavy atom. The highest BCUT2D eigenvalue weighted by atomic mass is 16.4. The number of carboxylic acids is 1. The molecule has 0 unspecified atom stereocenters. The van der Waals surface area contributed by atoms with Crippen molar-refractivity contribution in [1.29, 1.82) is 0 Å². The van der Waals surface area contributed by atoms with Crippen molar-refractivity contribution in [2.24, 2.45) is 0 Å². The highest BCUT2D eigenvalue weighted by Gasteiger charge is 2.30. The number of aromatic hydroxyl groups is 1.